The van der Waals surface area contributed by atoms with E-state index in [4.69, 9.17) is 4.42 Å². The lowest BCUT2D eigenvalue weighted by Gasteiger charge is -2.31. The first-order chi connectivity index (χ1) is 14.0. The molecular weight excluding hydrogens is 388 g/mol. The Morgan fingerprint density at radius 1 is 1.03 bits per heavy atom. The maximum Gasteiger partial charge on any atom is 0.270 e. The normalized spacial score (nSPS) is 16.7. The molecule has 6 nitrogen and oxygen atoms in total. The fourth-order valence-corrected chi connectivity index (χ4v) is 4.76. The molecule has 1 aliphatic rings. The molecule has 0 fully saturated rings. The van der Waals surface area contributed by atoms with E-state index in [1.165, 1.54) is 16.8 Å². The van der Waals surface area contributed by atoms with Gasteiger partial charge in [-0.25, -0.2) is 8.42 Å². The zero-order chi connectivity index (χ0) is 20.4. The number of sulfonamides is 1. The molecule has 3 aromatic rings. The number of Topliss-reactive ketones (excluding diaryl/α,β-unsaturated/α-hetero) is 1. The first-order valence-corrected chi connectivity index (χ1v) is 10.6. The molecule has 2 aromatic carbocycles. The van der Waals surface area contributed by atoms with Crippen LogP contribution < -0.4 is 9.62 Å². The van der Waals surface area contributed by atoms with Crippen LogP contribution >= 0.6 is 0 Å². The third-order valence-electron chi connectivity index (χ3n) is 4.75. The Hall–Kier alpha value is -3.32. The van der Waals surface area contributed by atoms with E-state index in [0.29, 0.717) is 17.0 Å². The van der Waals surface area contributed by atoms with Crippen molar-refractivity contribution < 1.29 is 17.6 Å². The number of carbonyl (C=O) groups is 1. The summed E-state index contributed by atoms with van der Waals surface area (Å²) in [6.45, 7) is 2.39. The van der Waals surface area contributed by atoms with Crippen LogP contribution in [0, 0.1) is 6.92 Å². The minimum atomic E-state index is -4.02. The number of hydrogen-bond acceptors (Lipinski definition) is 5. The van der Waals surface area contributed by atoms with E-state index in [2.05, 4.69) is 5.32 Å². The summed E-state index contributed by atoms with van der Waals surface area (Å²) in [5, 5.41) is 2.88. The van der Waals surface area contributed by atoms with Gasteiger partial charge in [-0.15, -0.1) is 0 Å². The summed E-state index contributed by atoms with van der Waals surface area (Å²) in [7, 11) is -4.02. The molecule has 1 N–H and O–H groups in total. The molecule has 2 heterocycles. The summed E-state index contributed by atoms with van der Waals surface area (Å²) in [5.74, 6) is 0.118. The highest BCUT2D eigenvalue weighted by atomic mass is 32.2. The number of allylic oxidation sites excluding steroid dienone is 1. The molecule has 148 valence electrons. The number of anilines is 1. The van der Waals surface area contributed by atoms with Crippen molar-refractivity contribution in [2.75, 3.05) is 4.31 Å². The van der Waals surface area contributed by atoms with Gasteiger partial charge in [0.1, 0.15) is 5.76 Å². The lowest BCUT2D eigenvalue weighted by Crippen LogP contribution is -2.39. The molecule has 0 saturated heterocycles. The van der Waals surface area contributed by atoms with Crippen LogP contribution in [-0.2, 0) is 23.1 Å². The molecule has 0 aliphatic carbocycles. The lowest BCUT2D eigenvalue weighted by atomic mass is 10.1. The highest BCUT2D eigenvalue weighted by molar-refractivity contribution is 7.97. The van der Waals surface area contributed by atoms with E-state index in [9.17, 15) is 13.2 Å². The standard InChI is InChI=1S/C22H20N2O4S/c1-16-8-10-17(11-9-16)15-24-20-7-3-2-6-19(20)22(25)21(29(24,26)27)14-23-13-18-5-4-12-28-18/h2-12,14,23H,13,15H2,1H3/b21-14-. The summed E-state index contributed by atoms with van der Waals surface area (Å²) in [6.07, 6.45) is 2.80. The van der Waals surface area contributed by atoms with Gasteiger partial charge in [-0.2, -0.15) is 0 Å². The monoisotopic (exact) mass is 408 g/mol. The summed E-state index contributed by atoms with van der Waals surface area (Å²) in [6, 6.07) is 17.9. The summed E-state index contributed by atoms with van der Waals surface area (Å²) in [4.78, 5) is 12.6. The highest BCUT2D eigenvalue weighted by Gasteiger charge is 2.39. The number of para-hydroxylation sites is 1. The minimum absolute atomic E-state index is 0.141. The second kappa shape index (κ2) is 7.60. The van der Waals surface area contributed by atoms with Crippen molar-refractivity contribution >= 4 is 21.5 Å². The van der Waals surface area contributed by atoms with Gasteiger partial charge < -0.3 is 9.73 Å². The topological polar surface area (TPSA) is 79.6 Å². The molecule has 7 heteroatoms. The Morgan fingerprint density at radius 3 is 2.52 bits per heavy atom. The Balaban J connectivity index is 1.72. The SMILES string of the molecule is Cc1ccc(CN2c3ccccc3C(=O)/C(=C/NCc3ccco3)S2(=O)=O)cc1. The third-order valence-corrected chi connectivity index (χ3v) is 6.51. The van der Waals surface area contributed by atoms with Gasteiger partial charge in [0.2, 0.25) is 5.78 Å². The fourth-order valence-electron chi connectivity index (χ4n) is 3.21. The first-order valence-electron chi connectivity index (χ1n) is 9.15. The van der Waals surface area contributed by atoms with Crippen molar-refractivity contribution in [2.45, 2.75) is 20.0 Å². The van der Waals surface area contributed by atoms with Gasteiger partial charge in [0.05, 0.1) is 25.0 Å². The van der Waals surface area contributed by atoms with Crippen LogP contribution in [0.3, 0.4) is 0 Å². The van der Waals surface area contributed by atoms with Gasteiger partial charge in [-0.05, 0) is 36.8 Å². The van der Waals surface area contributed by atoms with E-state index in [1.54, 1.807) is 36.4 Å². The number of carbonyl (C=O) groups excluding carboxylic acids is 1. The second-order valence-electron chi connectivity index (χ2n) is 6.81. The Kier molecular flexibility index (Phi) is 4.98. The highest BCUT2D eigenvalue weighted by Crippen LogP contribution is 2.35. The maximum absolute atomic E-state index is 13.3. The van der Waals surface area contributed by atoms with Crippen LogP contribution in [0.15, 0.2) is 82.4 Å². The van der Waals surface area contributed by atoms with Gasteiger partial charge in [0.15, 0.2) is 4.91 Å². The number of hydrogen-bond donors (Lipinski definition) is 1. The molecule has 0 radical (unpaired) electrons. The van der Waals surface area contributed by atoms with Crippen molar-refractivity contribution in [1.29, 1.82) is 0 Å². The second-order valence-corrected chi connectivity index (χ2v) is 8.64. The van der Waals surface area contributed by atoms with E-state index < -0.39 is 15.8 Å². The number of benzene rings is 2. The minimum Gasteiger partial charge on any atom is -0.467 e. The van der Waals surface area contributed by atoms with Crippen molar-refractivity contribution in [2.24, 2.45) is 0 Å². The van der Waals surface area contributed by atoms with Crippen molar-refractivity contribution in [3.63, 3.8) is 0 Å². The zero-order valence-corrected chi connectivity index (χ0v) is 16.6. The molecule has 0 atom stereocenters. The summed E-state index contributed by atoms with van der Waals surface area (Å²) >= 11 is 0. The number of furan rings is 1. The molecule has 1 aliphatic heterocycles. The van der Waals surface area contributed by atoms with Crippen LogP contribution in [0.5, 0.6) is 0 Å². The Morgan fingerprint density at radius 2 is 1.79 bits per heavy atom. The zero-order valence-electron chi connectivity index (χ0n) is 15.8. The number of nitrogens with zero attached hydrogens (tertiary/aromatic N) is 1. The van der Waals surface area contributed by atoms with Gasteiger partial charge in [0, 0.05) is 11.8 Å². The van der Waals surface area contributed by atoms with E-state index in [0.717, 1.165) is 11.1 Å². The van der Waals surface area contributed by atoms with Crippen LogP contribution in [0.1, 0.15) is 27.2 Å². The predicted molar refractivity (Wildman–Crippen MR) is 111 cm³/mol. The molecule has 0 amide bonds. The maximum atomic E-state index is 13.3. The van der Waals surface area contributed by atoms with E-state index in [1.807, 2.05) is 31.2 Å². The fraction of sp³-hybridized carbons (Fsp3) is 0.136. The van der Waals surface area contributed by atoms with Crippen LogP contribution in [0.4, 0.5) is 5.69 Å². The lowest BCUT2D eigenvalue weighted by molar-refractivity contribution is 0.104. The predicted octanol–water partition coefficient (Wildman–Crippen LogP) is 3.75. The Labute approximate surface area is 169 Å². The van der Waals surface area contributed by atoms with Crippen LogP contribution in [-0.4, -0.2) is 14.2 Å². The summed E-state index contributed by atoms with van der Waals surface area (Å²) in [5.41, 5.74) is 2.68. The van der Waals surface area contributed by atoms with Gasteiger partial charge in [-0.1, -0.05) is 42.0 Å². The van der Waals surface area contributed by atoms with Gasteiger partial charge in [-0.3, -0.25) is 9.10 Å². The number of nitrogens with one attached hydrogen (secondary N) is 1. The average molecular weight is 408 g/mol. The molecule has 0 bridgehead atoms. The van der Waals surface area contributed by atoms with Crippen LogP contribution in [0.2, 0.25) is 0 Å². The van der Waals surface area contributed by atoms with E-state index >= 15 is 0 Å². The third kappa shape index (κ3) is 3.69. The van der Waals surface area contributed by atoms with Crippen molar-refractivity contribution in [3.05, 3.63) is 100 Å². The molecule has 1 aromatic heterocycles. The number of aryl methyl sites for hydroxylation is 1. The quantitative estimate of drug-likeness (QED) is 0.651. The molecular formula is C22H20N2O4S. The summed E-state index contributed by atoms with van der Waals surface area (Å²) < 4.78 is 33.2. The van der Waals surface area contributed by atoms with Crippen LogP contribution in [0.25, 0.3) is 0 Å². The smallest absolute Gasteiger partial charge is 0.270 e. The van der Waals surface area contributed by atoms with Crippen molar-refractivity contribution in [3.8, 4) is 0 Å². The van der Waals surface area contributed by atoms with Crippen molar-refractivity contribution in [1.82, 2.24) is 5.32 Å². The molecule has 0 spiro atoms. The number of rotatable bonds is 5. The molecule has 0 saturated carbocycles. The largest absolute Gasteiger partial charge is 0.467 e. The van der Waals surface area contributed by atoms with Gasteiger partial charge >= 0.3 is 0 Å². The van der Waals surface area contributed by atoms with Gasteiger partial charge in [0.25, 0.3) is 10.0 Å². The van der Waals surface area contributed by atoms with E-state index in [-0.39, 0.29) is 18.0 Å². The number of fused-ring (bicyclic) bond motifs is 1. The average Bonchev–Trinajstić information content (AvgIpc) is 3.23. The number of ketones is 1. The molecule has 29 heavy (non-hydrogen) atoms. The Bertz CT molecular complexity index is 1160. The molecule has 0 unspecified atom stereocenters. The molecule has 4 rings (SSSR count). The first kappa shape index (κ1) is 19.0.